The van der Waals surface area contributed by atoms with E-state index in [0.29, 0.717) is 0 Å². The zero-order chi connectivity index (χ0) is 19.8. The minimum absolute atomic E-state index is 0.0919. The Morgan fingerprint density at radius 3 is 2.36 bits per heavy atom. The second-order valence-corrected chi connectivity index (χ2v) is 8.27. The van der Waals surface area contributed by atoms with Crippen molar-refractivity contribution in [2.45, 2.75) is 64.5 Å². The van der Waals surface area contributed by atoms with Crippen molar-refractivity contribution < 1.29 is 9.59 Å². The minimum Gasteiger partial charge on any atom is -0.344 e. The summed E-state index contributed by atoms with van der Waals surface area (Å²) in [5.74, 6) is 0.295. The van der Waals surface area contributed by atoms with E-state index in [0.717, 1.165) is 71.2 Å². The fourth-order valence-corrected chi connectivity index (χ4v) is 4.39. The molecule has 5 heteroatoms. The van der Waals surface area contributed by atoms with Crippen molar-refractivity contribution in [3.8, 4) is 0 Å². The van der Waals surface area contributed by atoms with Crippen molar-refractivity contribution in [2.24, 2.45) is 5.92 Å². The number of nitrogens with zero attached hydrogens (tertiary/aromatic N) is 2. The summed E-state index contributed by atoms with van der Waals surface area (Å²) in [5.41, 5.74) is 1.31. The molecule has 1 N–H and O–H groups in total. The van der Waals surface area contributed by atoms with Crippen LogP contribution in [-0.4, -0.2) is 53.8 Å². The van der Waals surface area contributed by atoms with E-state index in [1.54, 1.807) is 0 Å². The van der Waals surface area contributed by atoms with Gasteiger partial charge >= 0.3 is 0 Å². The van der Waals surface area contributed by atoms with E-state index in [9.17, 15) is 9.59 Å². The molecule has 5 nitrogen and oxygen atoms in total. The van der Waals surface area contributed by atoms with Gasteiger partial charge < -0.3 is 10.2 Å². The number of nitrogens with one attached hydrogen (secondary N) is 1. The summed E-state index contributed by atoms with van der Waals surface area (Å²) in [6.45, 7) is 6.26. The molecule has 1 aromatic carbocycles. The van der Waals surface area contributed by atoms with Gasteiger partial charge in [-0.3, -0.25) is 14.5 Å². The van der Waals surface area contributed by atoms with E-state index in [4.69, 9.17) is 0 Å². The highest BCUT2D eigenvalue weighted by atomic mass is 16.2. The average molecular weight is 386 g/mol. The molecule has 3 rings (SSSR count). The summed E-state index contributed by atoms with van der Waals surface area (Å²) in [5, 5.41) is 3.09. The summed E-state index contributed by atoms with van der Waals surface area (Å²) < 4.78 is 0. The first-order chi connectivity index (χ1) is 13.7. The fourth-order valence-electron chi connectivity index (χ4n) is 4.39. The van der Waals surface area contributed by atoms with Crippen LogP contribution in [0.1, 0.15) is 57.4 Å². The first-order valence-corrected chi connectivity index (χ1v) is 11.0. The highest BCUT2D eigenvalue weighted by Gasteiger charge is 2.30. The Morgan fingerprint density at radius 2 is 1.71 bits per heavy atom. The van der Waals surface area contributed by atoms with Crippen LogP contribution in [0.15, 0.2) is 30.3 Å². The molecule has 1 unspecified atom stereocenters. The van der Waals surface area contributed by atoms with Gasteiger partial charge in [0.05, 0.1) is 0 Å². The molecule has 2 fully saturated rings. The van der Waals surface area contributed by atoms with Crippen LogP contribution in [-0.2, 0) is 16.1 Å². The van der Waals surface area contributed by atoms with E-state index in [-0.39, 0.29) is 23.8 Å². The van der Waals surface area contributed by atoms with E-state index in [2.05, 4.69) is 41.4 Å². The van der Waals surface area contributed by atoms with E-state index in [1.807, 2.05) is 11.0 Å². The highest BCUT2D eigenvalue weighted by molar-refractivity contribution is 5.88. The number of carbonyl (C=O) groups excluding carboxylic acids is 2. The van der Waals surface area contributed by atoms with Crippen LogP contribution < -0.4 is 5.32 Å². The molecule has 0 bridgehead atoms. The lowest BCUT2D eigenvalue weighted by atomic mass is 9.88. The van der Waals surface area contributed by atoms with Gasteiger partial charge in [-0.25, -0.2) is 0 Å². The first kappa shape index (κ1) is 20.8. The second kappa shape index (κ2) is 10.6. The molecule has 0 spiro atoms. The summed E-state index contributed by atoms with van der Waals surface area (Å²) in [6.07, 6.45) is 7.06. The summed E-state index contributed by atoms with van der Waals surface area (Å²) >= 11 is 0. The van der Waals surface area contributed by atoms with Gasteiger partial charge in [-0.05, 0) is 24.8 Å². The Kier molecular flexibility index (Phi) is 7.90. The van der Waals surface area contributed by atoms with Crippen LogP contribution in [0.2, 0.25) is 0 Å². The first-order valence-electron chi connectivity index (χ1n) is 11.0. The molecule has 1 saturated heterocycles. The van der Waals surface area contributed by atoms with Gasteiger partial charge in [-0.1, -0.05) is 62.9 Å². The maximum absolute atomic E-state index is 13.1. The Labute approximate surface area is 169 Å². The number of carbonyl (C=O) groups is 2. The molecule has 1 aliphatic heterocycles. The van der Waals surface area contributed by atoms with Crippen LogP contribution >= 0.6 is 0 Å². The van der Waals surface area contributed by atoms with E-state index in [1.165, 1.54) is 12.0 Å². The van der Waals surface area contributed by atoms with Gasteiger partial charge in [0.2, 0.25) is 11.8 Å². The SMILES string of the molecule is CCCC(NC(=O)C1CCCCC1)C(=O)N1CCN(Cc2ccccc2)CC1. The van der Waals surface area contributed by atoms with Crippen molar-refractivity contribution >= 4 is 11.8 Å². The Balaban J connectivity index is 1.50. The van der Waals surface area contributed by atoms with Crippen molar-refractivity contribution in [3.05, 3.63) is 35.9 Å². The van der Waals surface area contributed by atoms with Crippen molar-refractivity contribution in [2.75, 3.05) is 26.2 Å². The van der Waals surface area contributed by atoms with Gasteiger partial charge in [0, 0.05) is 38.6 Å². The predicted octanol–water partition coefficient (Wildman–Crippen LogP) is 3.20. The van der Waals surface area contributed by atoms with Crippen LogP contribution in [0, 0.1) is 5.92 Å². The normalized spacial score (nSPS) is 20.0. The third-order valence-corrected chi connectivity index (χ3v) is 6.10. The molecule has 2 amide bonds. The molecule has 1 atom stereocenters. The maximum Gasteiger partial charge on any atom is 0.245 e. The molecular weight excluding hydrogens is 350 g/mol. The van der Waals surface area contributed by atoms with Crippen molar-refractivity contribution in [3.63, 3.8) is 0 Å². The molecular formula is C23H35N3O2. The van der Waals surface area contributed by atoms with Gasteiger partial charge in [0.1, 0.15) is 6.04 Å². The van der Waals surface area contributed by atoms with Gasteiger partial charge in [0.15, 0.2) is 0 Å². The predicted molar refractivity (Wildman–Crippen MR) is 112 cm³/mol. The lowest BCUT2D eigenvalue weighted by Gasteiger charge is -2.37. The second-order valence-electron chi connectivity index (χ2n) is 8.27. The molecule has 1 saturated carbocycles. The molecule has 1 heterocycles. The third kappa shape index (κ3) is 5.81. The number of rotatable bonds is 7. The summed E-state index contributed by atoms with van der Waals surface area (Å²) in [7, 11) is 0. The van der Waals surface area contributed by atoms with Crippen molar-refractivity contribution in [1.82, 2.24) is 15.1 Å². The molecule has 1 aromatic rings. The number of hydrogen-bond donors (Lipinski definition) is 1. The number of hydrogen-bond acceptors (Lipinski definition) is 3. The Bertz CT molecular complexity index is 620. The Hall–Kier alpha value is -1.88. The van der Waals surface area contributed by atoms with E-state index < -0.39 is 0 Å². The molecule has 0 radical (unpaired) electrons. The fraction of sp³-hybridized carbons (Fsp3) is 0.652. The smallest absolute Gasteiger partial charge is 0.245 e. The standard InChI is InChI=1S/C23H35N3O2/c1-2-9-21(24-22(27)20-12-7-4-8-13-20)23(28)26-16-14-25(15-17-26)18-19-10-5-3-6-11-19/h3,5-6,10-11,20-21H,2,4,7-9,12-18H2,1H3,(H,24,27). The average Bonchev–Trinajstić information content (AvgIpc) is 2.75. The summed E-state index contributed by atoms with van der Waals surface area (Å²) in [6, 6.07) is 10.1. The maximum atomic E-state index is 13.1. The van der Waals surface area contributed by atoms with Crippen LogP contribution in [0.5, 0.6) is 0 Å². The van der Waals surface area contributed by atoms with E-state index >= 15 is 0 Å². The molecule has 28 heavy (non-hydrogen) atoms. The summed E-state index contributed by atoms with van der Waals surface area (Å²) in [4.78, 5) is 30.0. The molecule has 0 aromatic heterocycles. The zero-order valence-corrected chi connectivity index (χ0v) is 17.2. The van der Waals surface area contributed by atoms with Gasteiger partial charge in [-0.2, -0.15) is 0 Å². The third-order valence-electron chi connectivity index (χ3n) is 6.10. The largest absolute Gasteiger partial charge is 0.344 e. The lowest BCUT2D eigenvalue weighted by Crippen LogP contribution is -2.55. The lowest BCUT2D eigenvalue weighted by molar-refractivity contribution is -0.139. The number of benzene rings is 1. The van der Waals surface area contributed by atoms with Crippen LogP contribution in [0.4, 0.5) is 0 Å². The van der Waals surface area contributed by atoms with Crippen LogP contribution in [0.25, 0.3) is 0 Å². The molecule has 2 aliphatic rings. The minimum atomic E-state index is -0.361. The number of piperazine rings is 1. The van der Waals surface area contributed by atoms with Crippen LogP contribution in [0.3, 0.4) is 0 Å². The molecule has 154 valence electrons. The van der Waals surface area contributed by atoms with Crippen molar-refractivity contribution in [1.29, 1.82) is 0 Å². The quantitative estimate of drug-likeness (QED) is 0.784. The number of amides is 2. The monoisotopic (exact) mass is 385 g/mol. The van der Waals surface area contributed by atoms with Gasteiger partial charge in [-0.15, -0.1) is 0 Å². The topological polar surface area (TPSA) is 52.7 Å². The Morgan fingerprint density at radius 1 is 1.04 bits per heavy atom. The van der Waals surface area contributed by atoms with Gasteiger partial charge in [0.25, 0.3) is 0 Å². The highest BCUT2D eigenvalue weighted by Crippen LogP contribution is 2.24. The zero-order valence-electron chi connectivity index (χ0n) is 17.2. The molecule has 1 aliphatic carbocycles.